The van der Waals surface area contributed by atoms with Crippen LogP contribution in [0, 0.1) is 0 Å². The molecule has 2 rings (SSSR count). The second-order valence-corrected chi connectivity index (χ2v) is 5.61. The molecule has 4 N–H and O–H groups in total. The first-order valence-corrected chi connectivity index (χ1v) is 8.65. The lowest BCUT2D eigenvalue weighted by atomic mass is 10.2. The monoisotopic (exact) mass is 374 g/mol. The molecule has 2 aromatic rings. The molecule has 0 atom stereocenters. The Bertz CT molecular complexity index is 727. The van der Waals surface area contributed by atoms with Crippen LogP contribution in [0.3, 0.4) is 0 Å². The van der Waals surface area contributed by atoms with Gasteiger partial charge in [-0.1, -0.05) is 26.0 Å². The van der Waals surface area contributed by atoms with E-state index in [1.807, 2.05) is 0 Å². The highest BCUT2D eigenvalue weighted by Gasteiger charge is 2.07. The molecule has 0 saturated heterocycles. The maximum Gasteiger partial charge on any atom is 0.339 e. The van der Waals surface area contributed by atoms with E-state index in [1.165, 1.54) is 12.1 Å². The Morgan fingerprint density at radius 1 is 1.04 bits per heavy atom. The molecule has 0 radical (unpaired) electrons. The molecule has 2 aromatic carbocycles. The molecule has 0 unspecified atom stereocenters. The molecule has 7 heteroatoms. The fourth-order valence-corrected chi connectivity index (χ4v) is 2.16. The molecule has 146 valence electrons. The van der Waals surface area contributed by atoms with Crippen molar-refractivity contribution in [3.63, 3.8) is 0 Å². The van der Waals surface area contributed by atoms with Crippen molar-refractivity contribution < 1.29 is 24.5 Å². The fourth-order valence-electron chi connectivity index (χ4n) is 2.16. The number of phenols is 1. The smallest absolute Gasteiger partial charge is 0.339 e. The van der Waals surface area contributed by atoms with Crippen LogP contribution in [0.25, 0.3) is 0 Å². The van der Waals surface area contributed by atoms with Crippen LogP contribution >= 0.6 is 0 Å². The summed E-state index contributed by atoms with van der Waals surface area (Å²) in [6, 6.07) is 12.6. The molecular weight excluding hydrogens is 348 g/mol. The number of hydrogen-bond acceptors (Lipinski definition) is 6. The van der Waals surface area contributed by atoms with Gasteiger partial charge in [0.2, 0.25) is 0 Å². The number of rotatable bonds is 7. The summed E-state index contributed by atoms with van der Waals surface area (Å²) < 4.78 is 5.18. The number of nitrogens with two attached hydrogens (primary N) is 1. The zero-order chi connectivity index (χ0) is 20.2. The van der Waals surface area contributed by atoms with Crippen LogP contribution in [0.15, 0.2) is 48.5 Å². The zero-order valence-corrected chi connectivity index (χ0v) is 15.6. The molecule has 0 fully saturated rings. The molecule has 0 aliphatic heterocycles. The Hall–Kier alpha value is -3.06. The minimum absolute atomic E-state index is 0.0671. The van der Waals surface area contributed by atoms with Crippen molar-refractivity contribution in [3.8, 4) is 5.75 Å². The molecule has 7 nitrogen and oxygen atoms in total. The largest absolute Gasteiger partial charge is 0.507 e. The minimum atomic E-state index is -1.11. The average molecular weight is 374 g/mol. The number of aromatic carboxylic acids is 1. The normalized spacial score (nSPS) is 10.0. The summed E-state index contributed by atoms with van der Waals surface area (Å²) >= 11 is 0. The van der Waals surface area contributed by atoms with Crippen LogP contribution in [0.5, 0.6) is 5.75 Å². The lowest BCUT2D eigenvalue weighted by Gasteiger charge is -2.17. The van der Waals surface area contributed by atoms with Crippen molar-refractivity contribution in [2.75, 3.05) is 32.0 Å². The van der Waals surface area contributed by atoms with Gasteiger partial charge >= 0.3 is 11.9 Å². The number of nitrogen functional groups attached to an aromatic ring is 1. The molecule has 0 aliphatic carbocycles. The number of carboxylic acid groups (broad SMARTS) is 1. The first kappa shape index (κ1) is 22.0. The Labute approximate surface area is 159 Å². The van der Waals surface area contributed by atoms with Crippen molar-refractivity contribution in [2.24, 2.45) is 0 Å². The topological polar surface area (TPSA) is 113 Å². The second-order valence-electron chi connectivity index (χ2n) is 5.61. The first-order chi connectivity index (χ1) is 12.9. The van der Waals surface area contributed by atoms with Crippen LogP contribution in [-0.4, -0.2) is 53.3 Å². The number of likely N-dealkylation sites (N-methyl/N-ethyl adjacent to an activating group) is 1. The SMILES string of the molecule is CCN(CC)CCOC(=O)c1ccc(N)cc1.O=C(O)c1ccccc1O. The molecule has 0 aliphatic rings. The van der Waals surface area contributed by atoms with Gasteiger partial charge in [-0.25, -0.2) is 9.59 Å². The highest BCUT2D eigenvalue weighted by atomic mass is 16.5. The number of esters is 1. The van der Waals surface area contributed by atoms with Gasteiger partial charge in [0.1, 0.15) is 17.9 Å². The molecule has 0 saturated carbocycles. The summed E-state index contributed by atoms with van der Waals surface area (Å²) in [5.41, 5.74) is 6.66. The maximum absolute atomic E-state index is 11.6. The molecule has 27 heavy (non-hydrogen) atoms. The summed E-state index contributed by atoms with van der Waals surface area (Å²) in [7, 11) is 0. The van der Waals surface area contributed by atoms with E-state index in [1.54, 1.807) is 36.4 Å². The van der Waals surface area contributed by atoms with Crippen molar-refractivity contribution in [1.29, 1.82) is 0 Å². The summed E-state index contributed by atoms with van der Waals surface area (Å²) in [5.74, 6) is -1.61. The Kier molecular flexibility index (Phi) is 9.39. The van der Waals surface area contributed by atoms with Gasteiger partial charge in [-0.3, -0.25) is 0 Å². The first-order valence-electron chi connectivity index (χ1n) is 8.65. The number of carbonyl (C=O) groups excluding carboxylic acids is 1. The Balaban J connectivity index is 0.000000309. The van der Waals surface area contributed by atoms with Crippen molar-refractivity contribution in [2.45, 2.75) is 13.8 Å². The molecule has 0 heterocycles. The number of para-hydroxylation sites is 1. The molecule has 0 bridgehead atoms. The lowest BCUT2D eigenvalue weighted by molar-refractivity contribution is 0.0466. The van der Waals surface area contributed by atoms with Crippen LogP contribution in [-0.2, 0) is 4.74 Å². The number of benzene rings is 2. The zero-order valence-electron chi connectivity index (χ0n) is 15.6. The van der Waals surface area contributed by atoms with Crippen molar-refractivity contribution in [3.05, 3.63) is 59.7 Å². The van der Waals surface area contributed by atoms with Gasteiger partial charge in [0.15, 0.2) is 0 Å². The Morgan fingerprint density at radius 2 is 1.63 bits per heavy atom. The van der Waals surface area contributed by atoms with Gasteiger partial charge in [0, 0.05) is 12.2 Å². The van der Waals surface area contributed by atoms with E-state index < -0.39 is 5.97 Å². The summed E-state index contributed by atoms with van der Waals surface area (Å²) in [4.78, 5) is 24.1. The van der Waals surface area contributed by atoms with Gasteiger partial charge in [-0.15, -0.1) is 0 Å². The number of aromatic hydroxyl groups is 1. The van der Waals surface area contributed by atoms with Gasteiger partial charge in [0.25, 0.3) is 0 Å². The van der Waals surface area contributed by atoms with E-state index in [4.69, 9.17) is 20.7 Å². The number of carbonyl (C=O) groups is 2. The number of ether oxygens (including phenoxy) is 1. The van der Waals surface area contributed by atoms with E-state index in [2.05, 4.69) is 18.7 Å². The quantitative estimate of drug-likeness (QED) is 0.504. The standard InChI is InChI=1S/C13H20N2O2.C7H6O3/c1-3-15(4-2)9-10-17-13(16)11-5-7-12(14)8-6-11;8-6-4-2-1-3-5(6)7(9)10/h5-8H,3-4,9-10,14H2,1-2H3;1-4,8H,(H,9,10). The second kappa shape index (κ2) is 11.5. The van der Waals surface area contributed by atoms with Crippen LogP contribution in [0.2, 0.25) is 0 Å². The van der Waals surface area contributed by atoms with Crippen molar-refractivity contribution >= 4 is 17.6 Å². The highest BCUT2D eigenvalue weighted by molar-refractivity contribution is 5.90. The lowest BCUT2D eigenvalue weighted by Crippen LogP contribution is -2.27. The molecule has 0 aromatic heterocycles. The predicted molar refractivity (Wildman–Crippen MR) is 104 cm³/mol. The fraction of sp³-hybridized carbons (Fsp3) is 0.300. The minimum Gasteiger partial charge on any atom is -0.507 e. The molecule has 0 amide bonds. The van der Waals surface area contributed by atoms with E-state index >= 15 is 0 Å². The third-order valence-electron chi connectivity index (χ3n) is 3.82. The molecular formula is C20H26N2O5. The third-order valence-corrected chi connectivity index (χ3v) is 3.82. The van der Waals surface area contributed by atoms with Gasteiger partial charge in [0.05, 0.1) is 5.56 Å². The van der Waals surface area contributed by atoms with Crippen LogP contribution in [0.4, 0.5) is 5.69 Å². The maximum atomic E-state index is 11.6. The average Bonchev–Trinajstić information content (AvgIpc) is 2.66. The highest BCUT2D eigenvalue weighted by Crippen LogP contribution is 2.14. The molecule has 0 spiro atoms. The van der Waals surface area contributed by atoms with E-state index in [-0.39, 0.29) is 17.3 Å². The summed E-state index contributed by atoms with van der Waals surface area (Å²) in [5, 5.41) is 17.3. The van der Waals surface area contributed by atoms with E-state index in [0.717, 1.165) is 19.6 Å². The van der Waals surface area contributed by atoms with Gasteiger partial charge in [-0.05, 0) is 49.5 Å². The number of carboxylic acids is 1. The van der Waals surface area contributed by atoms with Gasteiger partial charge < -0.3 is 25.6 Å². The number of hydrogen-bond donors (Lipinski definition) is 3. The van der Waals surface area contributed by atoms with E-state index in [0.29, 0.717) is 17.9 Å². The third kappa shape index (κ3) is 7.79. The van der Waals surface area contributed by atoms with Gasteiger partial charge in [-0.2, -0.15) is 0 Å². The van der Waals surface area contributed by atoms with E-state index in [9.17, 15) is 9.59 Å². The summed E-state index contributed by atoms with van der Waals surface area (Å²) in [6.45, 7) is 7.31. The van der Waals surface area contributed by atoms with Crippen molar-refractivity contribution in [1.82, 2.24) is 4.90 Å². The number of anilines is 1. The van der Waals surface area contributed by atoms with Crippen LogP contribution < -0.4 is 5.73 Å². The summed E-state index contributed by atoms with van der Waals surface area (Å²) in [6.07, 6.45) is 0. The van der Waals surface area contributed by atoms with Crippen LogP contribution in [0.1, 0.15) is 34.6 Å². The Morgan fingerprint density at radius 3 is 2.11 bits per heavy atom. The predicted octanol–water partition coefficient (Wildman–Crippen LogP) is 2.86. The number of nitrogens with zero attached hydrogens (tertiary/aromatic N) is 1.